The largest absolute Gasteiger partial charge is 0.457 e. The molecule has 2 aliphatic rings. The molecule has 1 fully saturated rings. The Balaban J connectivity index is 1.60. The number of hydrogen-bond acceptors (Lipinski definition) is 6. The number of aliphatic hydroxyl groups is 1. The zero-order valence-corrected chi connectivity index (χ0v) is 31.6. The van der Waals surface area contributed by atoms with Gasteiger partial charge in [0.1, 0.15) is 12.2 Å². The molecule has 262 valence electrons. The number of fused-ring (bicyclic) bond motifs is 1. The van der Waals surface area contributed by atoms with E-state index in [2.05, 4.69) is 72.0 Å². The van der Waals surface area contributed by atoms with Gasteiger partial charge in [-0.15, -0.1) is 0 Å². The van der Waals surface area contributed by atoms with Crippen LogP contribution in [0.1, 0.15) is 91.6 Å². The molecular formula is C41H58O6Si. The summed E-state index contributed by atoms with van der Waals surface area (Å²) in [6.07, 6.45) is 11.1. The first kappa shape index (κ1) is 38.0. The van der Waals surface area contributed by atoms with Crippen molar-refractivity contribution >= 4 is 14.3 Å². The van der Waals surface area contributed by atoms with Crippen molar-refractivity contribution in [2.75, 3.05) is 0 Å². The van der Waals surface area contributed by atoms with Crippen molar-refractivity contribution in [2.24, 2.45) is 5.92 Å². The van der Waals surface area contributed by atoms with Crippen LogP contribution in [0.3, 0.4) is 0 Å². The van der Waals surface area contributed by atoms with Crippen molar-refractivity contribution in [2.45, 2.75) is 135 Å². The molecule has 1 N–H and O–H groups in total. The lowest BCUT2D eigenvalue weighted by atomic mass is 9.89. The first-order valence-corrected chi connectivity index (χ1v) is 20.4. The first-order chi connectivity index (χ1) is 22.5. The molecule has 2 unspecified atom stereocenters. The monoisotopic (exact) mass is 674 g/mol. The molecule has 0 spiro atoms. The van der Waals surface area contributed by atoms with Gasteiger partial charge in [-0.05, 0) is 75.7 Å². The molecule has 0 aliphatic carbocycles. The molecule has 0 amide bonds. The van der Waals surface area contributed by atoms with Gasteiger partial charge in [-0.1, -0.05) is 119 Å². The zero-order valence-electron chi connectivity index (χ0n) is 30.6. The summed E-state index contributed by atoms with van der Waals surface area (Å²) in [4.78, 5) is 13.7. The van der Waals surface area contributed by atoms with Crippen molar-refractivity contribution in [3.05, 3.63) is 108 Å². The van der Waals surface area contributed by atoms with E-state index < -0.39 is 31.9 Å². The number of cyclic esters (lactones) is 1. The molecule has 7 heteroatoms. The van der Waals surface area contributed by atoms with Gasteiger partial charge in [0, 0.05) is 11.5 Å². The lowest BCUT2D eigenvalue weighted by molar-refractivity contribution is -0.151. The highest BCUT2D eigenvalue weighted by Gasteiger charge is 2.47. The molecule has 2 aromatic carbocycles. The Labute approximate surface area is 290 Å². The molecule has 0 aromatic heterocycles. The van der Waals surface area contributed by atoms with Crippen LogP contribution in [0, 0.1) is 5.92 Å². The maximum absolute atomic E-state index is 13.7. The molecule has 0 radical (unpaired) electrons. The minimum absolute atomic E-state index is 0.00779. The van der Waals surface area contributed by atoms with Gasteiger partial charge in [0.2, 0.25) is 0 Å². The van der Waals surface area contributed by atoms with Crippen molar-refractivity contribution < 1.29 is 28.5 Å². The number of aryl methyl sites for hydroxylation is 1. The summed E-state index contributed by atoms with van der Waals surface area (Å²) in [6, 6.07) is 20.2. The van der Waals surface area contributed by atoms with E-state index in [0.29, 0.717) is 19.3 Å². The van der Waals surface area contributed by atoms with E-state index in [1.807, 2.05) is 80.6 Å². The lowest BCUT2D eigenvalue weighted by Gasteiger charge is -2.40. The normalized spacial score (nSPS) is 29.8. The highest BCUT2D eigenvalue weighted by molar-refractivity contribution is 6.74. The number of esters is 1. The number of rotatable bonds is 9. The summed E-state index contributed by atoms with van der Waals surface area (Å²) in [5.41, 5.74) is 1.48. The molecule has 1 saturated heterocycles. The molecule has 4 rings (SSSR count). The Kier molecular flexibility index (Phi) is 12.5. The summed E-state index contributed by atoms with van der Waals surface area (Å²) in [5.74, 6) is -0.413. The fourth-order valence-electron chi connectivity index (χ4n) is 6.06. The third-order valence-electron chi connectivity index (χ3n) is 10.3. The van der Waals surface area contributed by atoms with E-state index in [1.54, 1.807) is 0 Å². The van der Waals surface area contributed by atoms with Gasteiger partial charge in [-0.2, -0.15) is 0 Å². The molecule has 2 aliphatic heterocycles. The Morgan fingerprint density at radius 3 is 2.33 bits per heavy atom. The molecule has 7 atom stereocenters. The number of allylic oxidation sites excluding steroid dienone is 2. The minimum Gasteiger partial charge on any atom is -0.457 e. The first-order valence-electron chi connectivity index (χ1n) is 17.5. The second kappa shape index (κ2) is 15.8. The smallest absolute Gasteiger partial charge is 0.308 e. The van der Waals surface area contributed by atoms with Gasteiger partial charge in [0.25, 0.3) is 0 Å². The van der Waals surface area contributed by atoms with Crippen LogP contribution in [0.2, 0.25) is 18.1 Å². The number of carbonyl (C=O) groups is 1. The minimum atomic E-state index is -2.19. The second-order valence-electron chi connectivity index (χ2n) is 15.7. The van der Waals surface area contributed by atoms with Gasteiger partial charge >= 0.3 is 5.97 Å². The molecular weight excluding hydrogens is 617 g/mol. The molecule has 0 saturated carbocycles. The maximum Gasteiger partial charge on any atom is 0.308 e. The fourth-order valence-corrected chi connectivity index (χ4v) is 7.45. The van der Waals surface area contributed by atoms with Gasteiger partial charge in [-0.3, -0.25) is 4.79 Å². The van der Waals surface area contributed by atoms with Crippen LogP contribution in [0.25, 0.3) is 0 Å². The predicted octanol–water partition coefficient (Wildman–Crippen LogP) is 9.42. The third-order valence-corrected chi connectivity index (χ3v) is 14.8. The average Bonchev–Trinajstić information content (AvgIpc) is 3.36. The third kappa shape index (κ3) is 10.3. The average molecular weight is 675 g/mol. The van der Waals surface area contributed by atoms with Crippen LogP contribution in [-0.4, -0.2) is 48.9 Å². The van der Waals surface area contributed by atoms with Crippen molar-refractivity contribution in [1.82, 2.24) is 0 Å². The van der Waals surface area contributed by atoms with Crippen LogP contribution >= 0.6 is 0 Å². The lowest BCUT2D eigenvalue weighted by Crippen LogP contribution is -2.45. The van der Waals surface area contributed by atoms with Gasteiger partial charge in [-0.25, -0.2) is 0 Å². The van der Waals surface area contributed by atoms with Crippen LogP contribution in [0.4, 0.5) is 0 Å². The number of benzene rings is 2. The van der Waals surface area contributed by atoms with Crippen LogP contribution < -0.4 is 0 Å². The van der Waals surface area contributed by atoms with Crippen molar-refractivity contribution in [3.63, 3.8) is 0 Å². The van der Waals surface area contributed by atoms with Gasteiger partial charge in [0.15, 0.2) is 14.6 Å². The summed E-state index contributed by atoms with van der Waals surface area (Å²) >= 11 is 0. The number of ether oxygens (including phenoxy) is 3. The Morgan fingerprint density at radius 1 is 1.04 bits per heavy atom. The molecule has 0 bridgehead atoms. The van der Waals surface area contributed by atoms with E-state index in [4.69, 9.17) is 18.6 Å². The summed E-state index contributed by atoms with van der Waals surface area (Å²) in [7, 11) is -2.19. The van der Waals surface area contributed by atoms with Crippen LogP contribution in [-0.2, 0) is 29.9 Å². The van der Waals surface area contributed by atoms with Crippen LogP contribution in [0.15, 0.2) is 96.6 Å². The number of hydrogen-bond donors (Lipinski definition) is 1. The van der Waals surface area contributed by atoms with Gasteiger partial charge < -0.3 is 23.7 Å². The quantitative estimate of drug-likeness (QED) is 0.124. The van der Waals surface area contributed by atoms with Crippen LogP contribution in [0.5, 0.6) is 0 Å². The molecule has 6 nitrogen and oxygen atoms in total. The maximum atomic E-state index is 13.7. The fraction of sp³-hybridized carbons (Fsp3) is 0.537. The molecule has 2 aromatic rings. The van der Waals surface area contributed by atoms with Crippen molar-refractivity contribution in [3.8, 4) is 0 Å². The zero-order chi connectivity index (χ0) is 35.2. The highest BCUT2D eigenvalue weighted by Crippen LogP contribution is 2.44. The molecule has 2 heterocycles. The summed E-state index contributed by atoms with van der Waals surface area (Å²) in [6.45, 7) is 19.1. The Bertz CT molecular complexity index is 1420. The van der Waals surface area contributed by atoms with Gasteiger partial charge in [0.05, 0.1) is 23.7 Å². The van der Waals surface area contributed by atoms with E-state index in [9.17, 15) is 9.90 Å². The van der Waals surface area contributed by atoms with Crippen molar-refractivity contribution in [1.29, 1.82) is 0 Å². The van der Waals surface area contributed by atoms with E-state index in [0.717, 1.165) is 17.6 Å². The predicted molar refractivity (Wildman–Crippen MR) is 196 cm³/mol. The summed E-state index contributed by atoms with van der Waals surface area (Å²) < 4.78 is 26.4. The Morgan fingerprint density at radius 2 is 1.69 bits per heavy atom. The SMILES string of the molecule is C/C(=C\C=C\C(C)(O)CCc1ccccc1)[C@H]1OC(=O)C[C@H](O[Si](C)(C)C(C)(C)C)CC[C@@]2(C)OC(c3ccccc3)O[C@H]2/C=C\[C@@H]1C. The highest BCUT2D eigenvalue weighted by atomic mass is 28.4. The Hall–Kier alpha value is -2.81. The summed E-state index contributed by atoms with van der Waals surface area (Å²) in [5, 5.41) is 11.0. The molecule has 48 heavy (non-hydrogen) atoms. The standard InChI is InChI=1S/C41H58O6Si/c1-30(17-16-26-40(6,43)27-24-32-18-12-10-13-19-32)37-31(2)22-23-35-41(7,46-38(44-35)33-20-14-11-15-21-33)28-25-34(29-36(42)45-37)47-48(8,9)39(3,4)5/h10-23,26,31,34-35,37-38,43H,24-25,27-29H2,1-9H3/b23-22-,26-16+,30-17+/t31-,34+,35-,37+,38?,40?,41+/m0/s1. The second-order valence-corrected chi connectivity index (χ2v) is 20.5. The van der Waals surface area contributed by atoms with E-state index in [-0.39, 0.29) is 35.6 Å². The van der Waals surface area contributed by atoms with E-state index >= 15 is 0 Å². The number of carbonyl (C=O) groups excluding carboxylic acids is 1. The topological polar surface area (TPSA) is 74.2 Å². The van der Waals surface area contributed by atoms with E-state index in [1.165, 1.54) is 5.56 Å².